The van der Waals surface area contributed by atoms with E-state index in [1.807, 2.05) is 61.5 Å². The highest BCUT2D eigenvalue weighted by atomic mass is 35.5. The van der Waals surface area contributed by atoms with Crippen LogP contribution in [0, 0.1) is 0 Å². The largest absolute Gasteiger partial charge is 0.493 e. The Hall–Kier alpha value is -2.60. The molecule has 3 aromatic rings. The molecule has 0 aliphatic carbocycles. The van der Waals surface area contributed by atoms with Crippen LogP contribution in [0.25, 0.3) is 0 Å². The summed E-state index contributed by atoms with van der Waals surface area (Å²) in [6.07, 6.45) is 0.853. The minimum atomic E-state index is 0.308. The number of rotatable bonds is 12. The molecule has 0 saturated carbocycles. The molecule has 0 fully saturated rings. The molecule has 0 atom stereocenters. The molecule has 0 amide bonds. The first-order valence-electron chi connectivity index (χ1n) is 10.8. The van der Waals surface area contributed by atoms with Gasteiger partial charge in [-0.25, -0.2) is 0 Å². The van der Waals surface area contributed by atoms with Gasteiger partial charge in [0.15, 0.2) is 23.0 Å². The topological polar surface area (TPSA) is 49.0 Å². The van der Waals surface area contributed by atoms with Crippen LogP contribution in [0.4, 0.5) is 0 Å². The van der Waals surface area contributed by atoms with Crippen LogP contribution in [0.3, 0.4) is 0 Å². The fourth-order valence-electron chi connectivity index (χ4n) is 3.39. The SMILES string of the molecule is CCOc1cc(CNCCc2ccc(OC)c(OC)c2)cc(Cl)c1OCc1ccccc1Cl. The third kappa shape index (κ3) is 6.94. The van der Waals surface area contributed by atoms with Crippen molar-refractivity contribution in [2.24, 2.45) is 0 Å². The number of benzene rings is 3. The normalized spacial score (nSPS) is 10.7. The van der Waals surface area contributed by atoms with Crippen LogP contribution < -0.4 is 24.3 Å². The number of nitrogens with one attached hydrogen (secondary N) is 1. The fraction of sp³-hybridized carbons (Fsp3) is 0.308. The summed E-state index contributed by atoms with van der Waals surface area (Å²) in [5.41, 5.74) is 3.07. The molecule has 3 aromatic carbocycles. The Morgan fingerprint density at radius 2 is 1.55 bits per heavy atom. The summed E-state index contributed by atoms with van der Waals surface area (Å²) in [5, 5.41) is 4.61. The van der Waals surface area contributed by atoms with E-state index in [1.165, 1.54) is 0 Å². The second-order valence-electron chi connectivity index (χ2n) is 7.33. The van der Waals surface area contributed by atoms with Gasteiger partial charge in [-0.3, -0.25) is 0 Å². The number of methoxy groups -OCH3 is 2. The van der Waals surface area contributed by atoms with E-state index in [9.17, 15) is 0 Å². The van der Waals surface area contributed by atoms with E-state index in [-0.39, 0.29) is 0 Å². The average Bonchev–Trinajstić information content (AvgIpc) is 2.82. The van der Waals surface area contributed by atoms with Crippen LogP contribution >= 0.6 is 23.2 Å². The molecule has 0 radical (unpaired) electrons. The van der Waals surface area contributed by atoms with Crippen molar-refractivity contribution in [2.75, 3.05) is 27.4 Å². The molecule has 7 heteroatoms. The molecule has 0 saturated heterocycles. The van der Waals surface area contributed by atoms with E-state index in [4.69, 9.17) is 42.1 Å². The molecule has 0 spiro atoms. The molecular weight excluding hydrogens is 461 g/mol. The molecule has 3 rings (SSSR count). The van der Waals surface area contributed by atoms with Crippen molar-refractivity contribution in [3.05, 3.63) is 81.3 Å². The van der Waals surface area contributed by atoms with E-state index in [0.29, 0.717) is 41.3 Å². The molecule has 176 valence electrons. The lowest BCUT2D eigenvalue weighted by Crippen LogP contribution is -2.17. The van der Waals surface area contributed by atoms with E-state index in [1.54, 1.807) is 14.2 Å². The minimum Gasteiger partial charge on any atom is -0.493 e. The summed E-state index contributed by atoms with van der Waals surface area (Å²) in [4.78, 5) is 0. The molecule has 0 aliphatic rings. The van der Waals surface area contributed by atoms with Gasteiger partial charge in [-0.2, -0.15) is 0 Å². The van der Waals surface area contributed by atoms with Gasteiger partial charge >= 0.3 is 0 Å². The van der Waals surface area contributed by atoms with Gasteiger partial charge in [0.2, 0.25) is 0 Å². The summed E-state index contributed by atoms with van der Waals surface area (Å²) < 4.78 is 22.5. The van der Waals surface area contributed by atoms with E-state index in [0.717, 1.165) is 41.2 Å². The van der Waals surface area contributed by atoms with Gasteiger partial charge < -0.3 is 24.3 Å². The predicted molar refractivity (Wildman–Crippen MR) is 133 cm³/mol. The van der Waals surface area contributed by atoms with Gasteiger partial charge in [0.1, 0.15) is 6.61 Å². The fourth-order valence-corrected chi connectivity index (χ4v) is 3.87. The third-order valence-corrected chi connectivity index (χ3v) is 5.72. The monoisotopic (exact) mass is 489 g/mol. The maximum Gasteiger partial charge on any atom is 0.180 e. The maximum atomic E-state index is 6.56. The van der Waals surface area contributed by atoms with Crippen LogP contribution in [0.15, 0.2) is 54.6 Å². The summed E-state index contributed by atoms with van der Waals surface area (Å²) >= 11 is 12.8. The van der Waals surface area contributed by atoms with E-state index < -0.39 is 0 Å². The molecule has 0 unspecified atom stereocenters. The summed E-state index contributed by atoms with van der Waals surface area (Å²) in [6, 6.07) is 17.4. The first-order valence-corrected chi connectivity index (χ1v) is 11.5. The zero-order valence-electron chi connectivity index (χ0n) is 19.1. The number of hydrogen-bond donors (Lipinski definition) is 1. The van der Waals surface area contributed by atoms with Gasteiger partial charge in [0.05, 0.1) is 25.8 Å². The lowest BCUT2D eigenvalue weighted by molar-refractivity contribution is 0.269. The van der Waals surface area contributed by atoms with Crippen molar-refractivity contribution in [3.8, 4) is 23.0 Å². The van der Waals surface area contributed by atoms with Crippen molar-refractivity contribution < 1.29 is 18.9 Å². The van der Waals surface area contributed by atoms with Gasteiger partial charge in [-0.1, -0.05) is 47.5 Å². The Bertz CT molecular complexity index is 1060. The average molecular weight is 490 g/mol. The zero-order valence-corrected chi connectivity index (χ0v) is 20.6. The van der Waals surface area contributed by atoms with Crippen LogP contribution in [-0.4, -0.2) is 27.4 Å². The molecule has 5 nitrogen and oxygen atoms in total. The Morgan fingerprint density at radius 3 is 2.27 bits per heavy atom. The van der Waals surface area contributed by atoms with Crippen LogP contribution in [-0.2, 0) is 19.6 Å². The lowest BCUT2D eigenvalue weighted by Gasteiger charge is -2.16. The van der Waals surface area contributed by atoms with Crippen LogP contribution in [0.2, 0.25) is 10.0 Å². The summed E-state index contributed by atoms with van der Waals surface area (Å²) in [6.45, 7) is 4.19. The molecular formula is C26H29Cl2NO4. The molecule has 0 heterocycles. The first kappa shape index (κ1) is 25.0. The Balaban J connectivity index is 1.61. The van der Waals surface area contributed by atoms with Crippen LogP contribution in [0.5, 0.6) is 23.0 Å². The van der Waals surface area contributed by atoms with Gasteiger partial charge in [-0.15, -0.1) is 0 Å². The molecule has 0 aromatic heterocycles. The molecule has 1 N–H and O–H groups in total. The molecule has 0 aliphatic heterocycles. The van der Waals surface area contributed by atoms with Crippen molar-refractivity contribution in [2.45, 2.75) is 26.5 Å². The highest BCUT2D eigenvalue weighted by molar-refractivity contribution is 6.32. The highest BCUT2D eigenvalue weighted by Gasteiger charge is 2.14. The third-order valence-electron chi connectivity index (χ3n) is 5.07. The standard InChI is InChI=1S/C26H29Cl2NO4/c1-4-32-25-15-19(13-22(28)26(25)33-17-20-7-5-6-8-21(20)27)16-29-12-11-18-9-10-23(30-2)24(14-18)31-3/h5-10,13-15,29H,4,11-12,16-17H2,1-3H3. The maximum absolute atomic E-state index is 6.56. The van der Waals surface area contributed by atoms with E-state index >= 15 is 0 Å². The lowest BCUT2D eigenvalue weighted by atomic mass is 10.1. The predicted octanol–water partition coefficient (Wildman–Crippen LogP) is 6.32. The smallest absolute Gasteiger partial charge is 0.180 e. The van der Waals surface area contributed by atoms with Crippen molar-refractivity contribution in [1.29, 1.82) is 0 Å². The number of halogens is 2. The van der Waals surface area contributed by atoms with Crippen LogP contribution in [0.1, 0.15) is 23.6 Å². The summed E-state index contributed by atoms with van der Waals surface area (Å²) in [7, 11) is 3.27. The van der Waals surface area contributed by atoms with Crippen molar-refractivity contribution in [3.63, 3.8) is 0 Å². The second kappa shape index (κ2) is 12.6. The number of hydrogen-bond acceptors (Lipinski definition) is 5. The van der Waals surface area contributed by atoms with E-state index in [2.05, 4.69) is 5.32 Å². The quantitative estimate of drug-likeness (QED) is 0.301. The molecule has 33 heavy (non-hydrogen) atoms. The van der Waals surface area contributed by atoms with Crippen molar-refractivity contribution >= 4 is 23.2 Å². The van der Waals surface area contributed by atoms with Gasteiger partial charge in [0, 0.05) is 17.1 Å². The Labute approximate surface area is 205 Å². The van der Waals surface area contributed by atoms with Gasteiger partial charge in [0.25, 0.3) is 0 Å². The zero-order chi connectivity index (χ0) is 23.6. The highest BCUT2D eigenvalue weighted by Crippen LogP contribution is 2.37. The first-order chi connectivity index (χ1) is 16.0. The Morgan fingerprint density at radius 1 is 0.788 bits per heavy atom. The summed E-state index contributed by atoms with van der Waals surface area (Å²) in [5.74, 6) is 2.60. The minimum absolute atomic E-state index is 0.308. The number of ether oxygens (including phenoxy) is 4. The Kier molecular flexibility index (Phi) is 9.55. The molecule has 0 bridgehead atoms. The van der Waals surface area contributed by atoms with Crippen molar-refractivity contribution in [1.82, 2.24) is 5.32 Å². The van der Waals surface area contributed by atoms with Gasteiger partial charge in [-0.05, 0) is 61.3 Å². The second-order valence-corrected chi connectivity index (χ2v) is 8.15.